The maximum absolute atomic E-state index is 10.1. The van der Waals surface area contributed by atoms with E-state index in [0.717, 1.165) is 17.2 Å². The van der Waals surface area contributed by atoms with Crippen LogP contribution in [0.15, 0.2) is 24.3 Å². The van der Waals surface area contributed by atoms with Crippen LogP contribution in [0.2, 0.25) is 0 Å². The zero-order valence-electron chi connectivity index (χ0n) is 10.5. The van der Waals surface area contributed by atoms with Crippen LogP contribution < -0.4 is 10.1 Å². The summed E-state index contributed by atoms with van der Waals surface area (Å²) in [5.74, 6) is 1.60. The molecule has 94 valence electrons. The third-order valence-electron chi connectivity index (χ3n) is 3.44. The van der Waals surface area contributed by atoms with Crippen molar-refractivity contribution in [3.63, 3.8) is 0 Å². The molecule has 0 spiro atoms. The molecule has 1 aliphatic rings. The van der Waals surface area contributed by atoms with Crippen molar-refractivity contribution >= 4 is 0 Å². The molecule has 0 saturated heterocycles. The van der Waals surface area contributed by atoms with Crippen molar-refractivity contribution in [2.45, 2.75) is 31.9 Å². The van der Waals surface area contributed by atoms with Crippen LogP contribution in [0.1, 0.15) is 31.4 Å². The Morgan fingerprint density at radius 2 is 2.24 bits per heavy atom. The number of hydrogen-bond acceptors (Lipinski definition) is 3. The van der Waals surface area contributed by atoms with Crippen molar-refractivity contribution in [2.24, 2.45) is 5.92 Å². The summed E-state index contributed by atoms with van der Waals surface area (Å²) in [6.45, 7) is 2.79. The molecule has 3 nitrogen and oxygen atoms in total. The molecule has 1 saturated carbocycles. The zero-order chi connectivity index (χ0) is 12.3. The van der Waals surface area contributed by atoms with E-state index in [2.05, 4.69) is 12.2 Å². The Balaban J connectivity index is 1.86. The van der Waals surface area contributed by atoms with Crippen LogP contribution in [0.25, 0.3) is 0 Å². The first-order valence-corrected chi connectivity index (χ1v) is 6.26. The molecule has 1 fully saturated rings. The van der Waals surface area contributed by atoms with Gasteiger partial charge in [0.25, 0.3) is 0 Å². The van der Waals surface area contributed by atoms with E-state index in [1.807, 2.05) is 24.3 Å². The van der Waals surface area contributed by atoms with Crippen molar-refractivity contribution in [3.8, 4) is 5.75 Å². The summed E-state index contributed by atoms with van der Waals surface area (Å²) in [4.78, 5) is 0. The molecule has 17 heavy (non-hydrogen) atoms. The van der Waals surface area contributed by atoms with Gasteiger partial charge < -0.3 is 15.2 Å². The molecule has 2 rings (SSSR count). The summed E-state index contributed by atoms with van der Waals surface area (Å²) in [5, 5.41) is 13.5. The molecule has 1 aromatic carbocycles. The van der Waals surface area contributed by atoms with Gasteiger partial charge in [-0.25, -0.2) is 0 Å². The predicted molar refractivity (Wildman–Crippen MR) is 68.1 cm³/mol. The van der Waals surface area contributed by atoms with Gasteiger partial charge in [-0.1, -0.05) is 12.1 Å². The van der Waals surface area contributed by atoms with E-state index < -0.39 is 6.10 Å². The summed E-state index contributed by atoms with van der Waals surface area (Å²) < 4.78 is 5.15. The molecule has 0 amide bonds. The molecule has 3 heteroatoms. The summed E-state index contributed by atoms with van der Waals surface area (Å²) in [6, 6.07) is 8.11. The lowest BCUT2D eigenvalue weighted by molar-refractivity contribution is 0.169. The monoisotopic (exact) mass is 235 g/mol. The highest BCUT2D eigenvalue weighted by Crippen LogP contribution is 2.32. The second-order valence-corrected chi connectivity index (χ2v) is 4.83. The minimum absolute atomic E-state index is 0.466. The maximum Gasteiger partial charge on any atom is 0.119 e. The number of nitrogens with one attached hydrogen (secondary N) is 1. The van der Waals surface area contributed by atoms with Gasteiger partial charge in [-0.3, -0.25) is 0 Å². The van der Waals surface area contributed by atoms with Gasteiger partial charge in [0, 0.05) is 12.6 Å². The Morgan fingerprint density at radius 1 is 1.47 bits per heavy atom. The summed E-state index contributed by atoms with van der Waals surface area (Å²) in [6.07, 6.45) is 2.18. The highest BCUT2D eigenvalue weighted by Gasteiger charge is 2.27. The van der Waals surface area contributed by atoms with Crippen LogP contribution in [0.5, 0.6) is 5.75 Å². The number of aliphatic hydroxyl groups is 1. The Hall–Kier alpha value is -1.06. The van der Waals surface area contributed by atoms with Crippen molar-refractivity contribution in [1.29, 1.82) is 0 Å². The van der Waals surface area contributed by atoms with E-state index in [4.69, 9.17) is 4.74 Å². The van der Waals surface area contributed by atoms with E-state index in [9.17, 15) is 5.11 Å². The van der Waals surface area contributed by atoms with Crippen molar-refractivity contribution in [1.82, 2.24) is 5.32 Å². The lowest BCUT2D eigenvalue weighted by Crippen LogP contribution is -2.31. The molecule has 0 bridgehead atoms. The normalized spacial score (nSPS) is 18.8. The first kappa shape index (κ1) is 12.4. The second kappa shape index (κ2) is 5.52. The number of ether oxygens (including phenoxy) is 1. The molecule has 0 radical (unpaired) electrons. The van der Waals surface area contributed by atoms with Crippen molar-refractivity contribution in [3.05, 3.63) is 29.8 Å². The van der Waals surface area contributed by atoms with E-state index in [0.29, 0.717) is 12.6 Å². The fraction of sp³-hybridized carbons (Fsp3) is 0.571. The van der Waals surface area contributed by atoms with Crippen molar-refractivity contribution in [2.75, 3.05) is 13.7 Å². The number of hydrogen-bond donors (Lipinski definition) is 2. The third-order valence-corrected chi connectivity index (χ3v) is 3.44. The molecule has 1 aromatic rings. The number of methoxy groups -OCH3 is 1. The van der Waals surface area contributed by atoms with Crippen LogP contribution in [0.3, 0.4) is 0 Å². The summed E-state index contributed by atoms with van der Waals surface area (Å²) in [7, 11) is 1.64. The van der Waals surface area contributed by atoms with Gasteiger partial charge in [-0.15, -0.1) is 0 Å². The quantitative estimate of drug-likeness (QED) is 0.793. The van der Waals surface area contributed by atoms with Gasteiger partial charge in [0.15, 0.2) is 0 Å². The van der Waals surface area contributed by atoms with Gasteiger partial charge in [0.05, 0.1) is 13.2 Å². The van der Waals surface area contributed by atoms with Gasteiger partial charge in [0.2, 0.25) is 0 Å². The highest BCUT2D eigenvalue weighted by atomic mass is 16.5. The van der Waals surface area contributed by atoms with E-state index in [1.54, 1.807) is 7.11 Å². The van der Waals surface area contributed by atoms with Crippen LogP contribution in [-0.2, 0) is 0 Å². The number of rotatable bonds is 6. The van der Waals surface area contributed by atoms with E-state index >= 15 is 0 Å². The summed E-state index contributed by atoms with van der Waals surface area (Å²) >= 11 is 0. The molecule has 0 heterocycles. The molecular weight excluding hydrogens is 214 g/mol. The molecule has 0 aromatic heterocycles. The lowest BCUT2D eigenvalue weighted by atomic mass is 10.1. The second-order valence-electron chi connectivity index (χ2n) is 4.83. The fourth-order valence-electron chi connectivity index (χ4n) is 2.03. The molecule has 2 atom stereocenters. The molecule has 2 N–H and O–H groups in total. The largest absolute Gasteiger partial charge is 0.497 e. The van der Waals surface area contributed by atoms with Gasteiger partial charge in [-0.2, -0.15) is 0 Å². The number of aliphatic hydroxyl groups excluding tert-OH is 1. The average Bonchev–Trinajstić information content (AvgIpc) is 3.19. The SMILES string of the molecule is COc1cccc(C(O)CNC(C)C2CC2)c1. The molecule has 2 unspecified atom stereocenters. The topological polar surface area (TPSA) is 41.5 Å². The minimum atomic E-state index is -0.466. The van der Waals surface area contributed by atoms with Gasteiger partial charge in [0.1, 0.15) is 5.75 Å². The van der Waals surface area contributed by atoms with Crippen LogP contribution in [0, 0.1) is 5.92 Å². The highest BCUT2D eigenvalue weighted by molar-refractivity contribution is 5.29. The fourth-order valence-corrected chi connectivity index (χ4v) is 2.03. The number of benzene rings is 1. The van der Waals surface area contributed by atoms with Crippen LogP contribution >= 0.6 is 0 Å². The summed E-state index contributed by atoms with van der Waals surface area (Å²) in [5.41, 5.74) is 0.903. The minimum Gasteiger partial charge on any atom is -0.497 e. The molecular formula is C14H21NO2. The predicted octanol–water partition coefficient (Wildman–Crippen LogP) is 2.12. The van der Waals surface area contributed by atoms with Crippen LogP contribution in [-0.4, -0.2) is 24.8 Å². The Kier molecular flexibility index (Phi) is 4.02. The Labute approximate surface area is 103 Å². The van der Waals surface area contributed by atoms with Gasteiger partial charge >= 0.3 is 0 Å². The molecule has 0 aliphatic heterocycles. The lowest BCUT2D eigenvalue weighted by Gasteiger charge is -2.17. The average molecular weight is 235 g/mol. The zero-order valence-corrected chi connectivity index (χ0v) is 10.5. The van der Waals surface area contributed by atoms with Gasteiger partial charge in [-0.05, 0) is 43.4 Å². The van der Waals surface area contributed by atoms with Crippen LogP contribution in [0.4, 0.5) is 0 Å². The first-order chi connectivity index (χ1) is 8.20. The smallest absolute Gasteiger partial charge is 0.119 e. The van der Waals surface area contributed by atoms with E-state index in [1.165, 1.54) is 12.8 Å². The van der Waals surface area contributed by atoms with E-state index in [-0.39, 0.29) is 0 Å². The van der Waals surface area contributed by atoms with Crippen molar-refractivity contribution < 1.29 is 9.84 Å². The third kappa shape index (κ3) is 3.45. The maximum atomic E-state index is 10.1. The Bertz CT molecular complexity index is 363. The Morgan fingerprint density at radius 3 is 2.88 bits per heavy atom. The standard InChI is InChI=1S/C14H21NO2/c1-10(11-6-7-11)15-9-14(16)12-4-3-5-13(8-12)17-2/h3-5,8,10-11,14-16H,6-7,9H2,1-2H3. The first-order valence-electron chi connectivity index (χ1n) is 6.26. The molecule has 1 aliphatic carbocycles.